The van der Waals surface area contributed by atoms with Crippen molar-refractivity contribution < 1.29 is 31.1 Å². The fourth-order valence-corrected chi connectivity index (χ4v) is 5.26. The maximum Gasteiger partial charge on any atom is 0.416 e. The predicted molar refractivity (Wildman–Crippen MR) is 171 cm³/mol. The number of alkyl halides is 6. The molecule has 1 amide bonds. The summed E-state index contributed by atoms with van der Waals surface area (Å²) in [6.45, 7) is -1.70. The summed E-state index contributed by atoms with van der Waals surface area (Å²) in [6.07, 6.45) is -3.31. The van der Waals surface area contributed by atoms with Gasteiger partial charge in [-0.1, -0.05) is 51.4 Å². The van der Waals surface area contributed by atoms with E-state index in [2.05, 4.69) is 48.0 Å². The van der Waals surface area contributed by atoms with Crippen molar-refractivity contribution in [3.8, 4) is 0 Å². The molecule has 5 N–H and O–H groups in total. The number of benzene rings is 3. The van der Waals surface area contributed by atoms with Gasteiger partial charge in [-0.25, -0.2) is 4.99 Å². The second-order valence-electron chi connectivity index (χ2n) is 10.5. The molecule has 47 heavy (non-hydrogen) atoms. The minimum absolute atomic E-state index is 0.0533. The van der Waals surface area contributed by atoms with Crippen molar-refractivity contribution in [1.29, 1.82) is 5.53 Å². The fraction of sp³-hybridized carbons (Fsp3) is 0.258. The molecule has 3 aromatic carbocycles. The van der Waals surface area contributed by atoms with Gasteiger partial charge in [0, 0.05) is 21.4 Å². The number of nitrogens with two attached hydrogens (primary N) is 1. The zero-order chi connectivity index (χ0) is 34.2. The first-order valence-corrected chi connectivity index (χ1v) is 14.9. The van der Waals surface area contributed by atoms with Crippen LogP contribution in [-0.4, -0.2) is 30.5 Å². The molecule has 248 valence electrons. The average molecular weight is 724 g/mol. The molecule has 0 saturated heterocycles. The standard InChI is InChI=1S/C31H29BrF6N8O/c32-24-14-23(31(36,37)38)15-25(16-24)42-29(41-18-30(33,34)35)46(26-12-10-21(11-13-26)20-4-2-1-3-5-20)17-19-6-8-22(9-7-19)27(47)43-28(39)44-45-40/h4,6-16H,1-3,5,17-18H2,(H,41,42)(H4,39,40,43,44,47). The van der Waals surface area contributed by atoms with Crippen molar-refractivity contribution in [2.45, 2.75) is 44.6 Å². The smallest absolute Gasteiger partial charge is 0.368 e. The van der Waals surface area contributed by atoms with Gasteiger partial charge in [-0.3, -0.25) is 10.1 Å². The summed E-state index contributed by atoms with van der Waals surface area (Å²) in [5.41, 5.74) is 14.2. The van der Waals surface area contributed by atoms with Crippen molar-refractivity contribution in [3.05, 3.63) is 99.5 Å². The van der Waals surface area contributed by atoms with Gasteiger partial charge in [0.05, 0.1) is 12.1 Å². The number of aliphatic imine (C=N–C) groups is 1. The third-order valence-electron chi connectivity index (χ3n) is 6.94. The maximum atomic E-state index is 13.6. The van der Waals surface area contributed by atoms with Crippen molar-refractivity contribution >= 4 is 50.7 Å². The van der Waals surface area contributed by atoms with Gasteiger partial charge in [-0.05, 0) is 90.1 Å². The van der Waals surface area contributed by atoms with E-state index in [-0.39, 0.29) is 28.2 Å². The Morgan fingerprint density at radius 2 is 1.68 bits per heavy atom. The minimum atomic E-state index is -4.71. The number of nitrogens with zero attached hydrogens (tertiary/aromatic N) is 4. The Labute approximate surface area is 274 Å². The highest BCUT2D eigenvalue weighted by Gasteiger charge is 2.32. The monoisotopic (exact) mass is 722 g/mol. The van der Waals surface area contributed by atoms with E-state index in [0.717, 1.165) is 49.0 Å². The molecule has 9 nitrogen and oxygen atoms in total. The van der Waals surface area contributed by atoms with Crippen LogP contribution < -0.4 is 21.3 Å². The Bertz CT molecular complexity index is 1670. The molecule has 0 aromatic heterocycles. The summed E-state index contributed by atoms with van der Waals surface area (Å²) >= 11 is 3.05. The zero-order valence-electron chi connectivity index (χ0n) is 24.6. The zero-order valence-corrected chi connectivity index (χ0v) is 26.2. The van der Waals surface area contributed by atoms with Gasteiger partial charge in [-0.2, -0.15) is 31.9 Å². The lowest BCUT2D eigenvalue weighted by molar-refractivity contribution is -0.137. The summed E-state index contributed by atoms with van der Waals surface area (Å²) in [5.74, 6) is -1.40. The van der Waals surface area contributed by atoms with E-state index >= 15 is 0 Å². The van der Waals surface area contributed by atoms with E-state index < -0.39 is 36.3 Å². The summed E-state index contributed by atoms with van der Waals surface area (Å²) in [6, 6.07) is 16.0. The van der Waals surface area contributed by atoms with Crippen LogP contribution in [-0.2, 0) is 12.7 Å². The Hall–Kier alpha value is -4.73. The van der Waals surface area contributed by atoms with E-state index in [9.17, 15) is 31.1 Å². The number of rotatable bonds is 8. The first kappa shape index (κ1) is 35.1. The summed E-state index contributed by atoms with van der Waals surface area (Å²) in [4.78, 5) is 17.6. The molecule has 0 heterocycles. The van der Waals surface area contributed by atoms with Crippen molar-refractivity contribution in [3.63, 3.8) is 0 Å². The lowest BCUT2D eigenvalue weighted by Gasteiger charge is -2.28. The van der Waals surface area contributed by atoms with Crippen LogP contribution in [0.15, 0.2) is 92.6 Å². The van der Waals surface area contributed by atoms with Crippen LogP contribution in [0.1, 0.15) is 52.7 Å². The maximum absolute atomic E-state index is 13.6. The molecule has 16 heteroatoms. The van der Waals surface area contributed by atoms with Crippen LogP contribution in [0, 0.1) is 5.53 Å². The normalized spacial score (nSPS) is 14.3. The van der Waals surface area contributed by atoms with Gasteiger partial charge in [-0.15, -0.1) is 0 Å². The molecule has 0 spiro atoms. The van der Waals surface area contributed by atoms with Gasteiger partial charge in [0.15, 0.2) is 0 Å². The number of hydrogen-bond donors (Lipinski definition) is 4. The Balaban J connectivity index is 1.75. The molecule has 0 saturated carbocycles. The number of anilines is 2. The second-order valence-corrected chi connectivity index (χ2v) is 11.4. The van der Waals surface area contributed by atoms with Crippen LogP contribution in [0.25, 0.3) is 5.57 Å². The molecule has 3 aromatic rings. The molecule has 1 aliphatic carbocycles. The van der Waals surface area contributed by atoms with Crippen molar-refractivity contribution in [2.24, 2.45) is 21.1 Å². The lowest BCUT2D eigenvalue weighted by atomic mass is 9.93. The number of carbonyl (C=O) groups excluding carboxylic acids is 1. The molecule has 0 radical (unpaired) electrons. The highest BCUT2D eigenvalue weighted by Crippen LogP contribution is 2.34. The first-order valence-electron chi connectivity index (χ1n) is 14.1. The van der Waals surface area contributed by atoms with E-state index in [4.69, 9.17) is 11.3 Å². The molecule has 0 bridgehead atoms. The number of guanidine groups is 2. The average Bonchev–Trinajstić information content (AvgIpc) is 3.02. The Morgan fingerprint density at radius 1 is 0.979 bits per heavy atom. The van der Waals surface area contributed by atoms with E-state index in [1.165, 1.54) is 23.1 Å². The molecule has 0 unspecified atom stereocenters. The SMILES string of the molecule is N=NN=C(N)NC(=O)c1ccc(CN(C(=NCC(F)(F)F)Nc2cc(Br)cc(C(F)(F)F)c2)c2ccc(C3=CCCCC3)cc2)cc1. The molecule has 0 aliphatic heterocycles. The van der Waals surface area contributed by atoms with Crippen LogP contribution in [0.3, 0.4) is 0 Å². The third kappa shape index (κ3) is 10.4. The first-order chi connectivity index (χ1) is 22.2. The van der Waals surface area contributed by atoms with Crippen LogP contribution in [0.2, 0.25) is 0 Å². The molecule has 1 aliphatic rings. The number of allylic oxidation sites excluding steroid dienone is 2. The number of hydrogen-bond acceptors (Lipinski definition) is 4. The Kier molecular flexibility index (Phi) is 11.4. The topological polar surface area (TPSA) is 131 Å². The lowest BCUT2D eigenvalue weighted by Crippen LogP contribution is -2.37. The van der Waals surface area contributed by atoms with Crippen LogP contribution >= 0.6 is 15.9 Å². The summed E-state index contributed by atoms with van der Waals surface area (Å²) in [7, 11) is 0. The molecule has 0 fully saturated rings. The quantitative estimate of drug-likeness (QED) is 0.0611. The van der Waals surface area contributed by atoms with Gasteiger partial charge in [0.1, 0.15) is 6.54 Å². The minimum Gasteiger partial charge on any atom is -0.368 e. The second kappa shape index (κ2) is 15.2. The van der Waals surface area contributed by atoms with E-state index in [1.54, 1.807) is 24.3 Å². The van der Waals surface area contributed by atoms with Crippen LogP contribution in [0.5, 0.6) is 0 Å². The number of amides is 1. The number of nitrogens with one attached hydrogen (secondary N) is 3. The number of carbonyl (C=O) groups is 1. The number of halogens is 7. The molecule has 0 atom stereocenters. The largest absolute Gasteiger partial charge is 0.416 e. The highest BCUT2D eigenvalue weighted by molar-refractivity contribution is 9.10. The predicted octanol–water partition coefficient (Wildman–Crippen LogP) is 8.45. The summed E-state index contributed by atoms with van der Waals surface area (Å²) < 4.78 is 81.2. The third-order valence-corrected chi connectivity index (χ3v) is 7.40. The van der Waals surface area contributed by atoms with Gasteiger partial charge in [0.25, 0.3) is 5.91 Å². The highest BCUT2D eigenvalue weighted by atomic mass is 79.9. The fourth-order valence-electron chi connectivity index (χ4n) is 4.77. The molecular formula is C31H29BrF6N8O. The Morgan fingerprint density at radius 3 is 2.28 bits per heavy atom. The van der Waals surface area contributed by atoms with Gasteiger partial charge in [0.2, 0.25) is 11.9 Å². The van der Waals surface area contributed by atoms with Gasteiger partial charge >= 0.3 is 12.4 Å². The van der Waals surface area contributed by atoms with Crippen molar-refractivity contribution in [1.82, 2.24) is 5.32 Å². The van der Waals surface area contributed by atoms with E-state index in [1.807, 2.05) is 12.1 Å². The molecular weight excluding hydrogens is 694 g/mol. The van der Waals surface area contributed by atoms with Crippen molar-refractivity contribution in [2.75, 3.05) is 16.8 Å². The molecule has 4 rings (SSSR count). The van der Waals surface area contributed by atoms with E-state index in [0.29, 0.717) is 11.3 Å². The van der Waals surface area contributed by atoms with Gasteiger partial charge < -0.3 is 16.0 Å². The summed E-state index contributed by atoms with van der Waals surface area (Å²) in [5, 5.41) is 10.9. The van der Waals surface area contributed by atoms with Crippen LogP contribution in [0.4, 0.5) is 37.7 Å².